The zero-order chi connectivity index (χ0) is 14.8. The minimum absolute atomic E-state index is 0.0179. The standard InChI is InChI=1S/C13H9F3N2O2/c14-13(15,16)20-11-7-8(17)4-5-9(11)12(19)10-3-1-2-6-18-10/h1-7H,17H2. The highest BCUT2D eigenvalue weighted by molar-refractivity contribution is 6.09. The number of carbonyl (C=O) groups is 1. The maximum absolute atomic E-state index is 12.3. The van der Waals surface area contributed by atoms with E-state index in [1.54, 1.807) is 12.1 Å². The van der Waals surface area contributed by atoms with E-state index in [4.69, 9.17) is 5.73 Å². The lowest BCUT2D eigenvalue weighted by Crippen LogP contribution is -2.19. The summed E-state index contributed by atoms with van der Waals surface area (Å²) in [6.07, 6.45) is -3.54. The largest absolute Gasteiger partial charge is 0.573 e. The third-order valence-electron chi connectivity index (χ3n) is 2.37. The summed E-state index contributed by atoms with van der Waals surface area (Å²) < 4.78 is 40.8. The van der Waals surface area contributed by atoms with Gasteiger partial charge in [-0.25, -0.2) is 0 Å². The number of rotatable bonds is 3. The van der Waals surface area contributed by atoms with Gasteiger partial charge in [-0.05, 0) is 24.3 Å². The van der Waals surface area contributed by atoms with Crippen LogP contribution in [0.4, 0.5) is 18.9 Å². The minimum Gasteiger partial charge on any atom is -0.405 e. The van der Waals surface area contributed by atoms with E-state index < -0.39 is 17.9 Å². The Kier molecular flexibility index (Phi) is 3.60. The second-order valence-electron chi connectivity index (χ2n) is 3.85. The predicted octanol–water partition coefficient (Wildman–Crippen LogP) is 2.79. The maximum atomic E-state index is 12.3. The van der Waals surface area contributed by atoms with Crippen molar-refractivity contribution in [2.75, 3.05) is 5.73 Å². The predicted molar refractivity (Wildman–Crippen MR) is 65.2 cm³/mol. The number of ether oxygens (including phenoxy) is 1. The average molecular weight is 282 g/mol. The Balaban J connectivity index is 2.43. The highest BCUT2D eigenvalue weighted by Gasteiger charge is 2.33. The van der Waals surface area contributed by atoms with E-state index in [0.29, 0.717) is 0 Å². The van der Waals surface area contributed by atoms with Gasteiger partial charge in [-0.2, -0.15) is 0 Å². The lowest BCUT2D eigenvalue weighted by molar-refractivity contribution is -0.274. The molecular formula is C13H9F3N2O2. The number of carbonyl (C=O) groups excluding carboxylic acids is 1. The second-order valence-corrected chi connectivity index (χ2v) is 3.85. The summed E-state index contributed by atoms with van der Waals surface area (Å²) >= 11 is 0. The van der Waals surface area contributed by atoms with Crippen molar-refractivity contribution in [1.82, 2.24) is 4.98 Å². The molecule has 2 aromatic rings. The number of benzene rings is 1. The van der Waals surface area contributed by atoms with Gasteiger partial charge in [0, 0.05) is 18.0 Å². The molecule has 0 aliphatic rings. The number of hydrogen-bond acceptors (Lipinski definition) is 4. The van der Waals surface area contributed by atoms with E-state index in [0.717, 1.165) is 6.07 Å². The van der Waals surface area contributed by atoms with Gasteiger partial charge in [-0.1, -0.05) is 6.07 Å². The van der Waals surface area contributed by atoms with Crippen molar-refractivity contribution in [3.05, 3.63) is 53.9 Å². The molecule has 0 saturated heterocycles. The Morgan fingerprint density at radius 2 is 1.95 bits per heavy atom. The Bertz CT molecular complexity index is 627. The molecule has 1 heterocycles. The normalized spacial score (nSPS) is 11.2. The molecule has 0 radical (unpaired) electrons. The molecule has 0 aliphatic carbocycles. The highest BCUT2D eigenvalue weighted by atomic mass is 19.4. The molecule has 0 fully saturated rings. The summed E-state index contributed by atoms with van der Waals surface area (Å²) in [5.74, 6) is -1.32. The van der Waals surface area contributed by atoms with Crippen molar-refractivity contribution < 1.29 is 22.7 Å². The first-order valence-electron chi connectivity index (χ1n) is 5.48. The van der Waals surface area contributed by atoms with Gasteiger partial charge in [0.1, 0.15) is 11.4 Å². The first-order valence-corrected chi connectivity index (χ1v) is 5.48. The summed E-state index contributed by atoms with van der Waals surface area (Å²) in [4.78, 5) is 15.9. The molecule has 0 bridgehead atoms. The molecule has 0 spiro atoms. The van der Waals surface area contributed by atoms with Gasteiger partial charge in [0.05, 0.1) is 5.56 Å². The van der Waals surface area contributed by atoms with Crippen LogP contribution in [0.15, 0.2) is 42.6 Å². The van der Waals surface area contributed by atoms with Crippen LogP contribution in [0.3, 0.4) is 0 Å². The quantitative estimate of drug-likeness (QED) is 0.694. The lowest BCUT2D eigenvalue weighted by Gasteiger charge is -2.13. The Morgan fingerprint density at radius 1 is 1.20 bits per heavy atom. The van der Waals surface area contributed by atoms with Crippen molar-refractivity contribution >= 4 is 11.5 Å². The SMILES string of the molecule is Nc1ccc(C(=O)c2ccccn2)c(OC(F)(F)F)c1. The summed E-state index contributed by atoms with van der Waals surface area (Å²) in [7, 11) is 0. The third-order valence-corrected chi connectivity index (χ3v) is 2.37. The van der Waals surface area contributed by atoms with Gasteiger partial charge < -0.3 is 10.5 Å². The van der Waals surface area contributed by atoms with Crippen molar-refractivity contribution in [2.45, 2.75) is 6.36 Å². The molecule has 0 amide bonds. The molecular weight excluding hydrogens is 273 g/mol. The van der Waals surface area contributed by atoms with Crippen molar-refractivity contribution in [3.63, 3.8) is 0 Å². The van der Waals surface area contributed by atoms with Gasteiger partial charge in [-0.15, -0.1) is 13.2 Å². The van der Waals surface area contributed by atoms with Crippen LogP contribution in [-0.4, -0.2) is 17.1 Å². The van der Waals surface area contributed by atoms with Crippen LogP contribution in [0.1, 0.15) is 16.1 Å². The van der Waals surface area contributed by atoms with Crippen LogP contribution in [0.2, 0.25) is 0 Å². The number of nitrogen functional groups attached to an aromatic ring is 1. The van der Waals surface area contributed by atoms with Gasteiger partial charge >= 0.3 is 6.36 Å². The van der Waals surface area contributed by atoms with E-state index >= 15 is 0 Å². The number of halogens is 3. The Morgan fingerprint density at radius 3 is 2.55 bits per heavy atom. The number of alkyl halides is 3. The zero-order valence-electron chi connectivity index (χ0n) is 10.0. The fourth-order valence-corrected chi connectivity index (χ4v) is 1.57. The molecule has 0 aliphatic heterocycles. The monoisotopic (exact) mass is 282 g/mol. The number of hydrogen-bond donors (Lipinski definition) is 1. The summed E-state index contributed by atoms with van der Waals surface area (Å²) in [5, 5.41) is 0. The van der Waals surface area contributed by atoms with E-state index in [-0.39, 0.29) is 16.9 Å². The fraction of sp³-hybridized carbons (Fsp3) is 0.0769. The van der Waals surface area contributed by atoms with Crippen LogP contribution in [0.25, 0.3) is 0 Å². The lowest BCUT2D eigenvalue weighted by atomic mass is 10.1. The molecule has 1 aromatic carbocycles. The molecule has 1 aromatic heterocycles. The van der Waals surface area contributed by atoms with Crippen LogP contribution < -0.4 is 10.5 Å². The molecule has 0 saturated carbocycles. The van der Waals surface area contributed by atoms with Crippen molar-refractivity contribution in [1.29, 1.82) is 0 Å². The molecule has 0 atom stereocenters. The van der Waals surface area contributed by atoms with Gasteiger partial charge in [0.2, 0.25) is 5.78 Å². The second kappa shape index (κ2) is 5.20. The molecule has 0 unspecified atom stereocenters. The van der Waals surface area contributed by atoms with E-state index in [1.165, 1.54) is 24.4 Å². The van der Waals surface area contributed by atoms with Crippen LogP contribution >= 0.6 is 0 Å². The average Bonchev–Trinajstić information content (AvgIpc) is 2.37. The number of pyridine rings is 1. The number of nitrogens with zero attached hydrogens (tertiary/aromatic N) is 1. The van der Waals surface area contributed by atoms with Gasteiger partial charge in [0.15, 0.2) is 0 Å². The van der Waals surface area contributed by atoms with Crippen molar-refractivity contribution in [3.8, 4) is 5.75 Å². The number of ketones is 1. The topological polar surface area (TPSA) is 65.2 Å². The summed E-state index contributed by atoms with van der Waals surface area (Å²) in [6.45, 7) is 0. The van der Waals surface area contributed by atoms with Crippen molar-refractivity contribution in [2.24, 2.45) is 0 Å². The Labute approximate surface area is 112 Å². The summed E-state index contributed by atoms with van der Waals surface area (Å²) in [6, 6.07) is 7.99. The van der Waals surface area contributed by atoms with Gasteiger partial charge in [0.25, 0.3) is 0 Å². The Hall–Kier alpha value is -2.57. The van der Waals surface area contributed by atoms with Crippen LogP contribution in [0, 0.1) is 0 Å². The number of aromatic nitrogens is 1. The third kappa shape index (κ3) is 3.25. The van der Waals surface area contributed by atoms with E-state index in [1.807, 2.05) is 0 Å². The molecule has 20 heavy (non-hydrogen) atoms. The molecule has 2 rings (SSSR count). The number of anilines is 1. The number of nitrogens with two attached hydrogens (primary N) is 1. The van der Waals surface area contributed by atoms with E-state index in [9.17, 15) is 18.0 Å². The minimum atomic E-state index is -4.91. The van der Waals surface area contributed by atoms with Crippen LogP contribution in [-0.2, 0) is 0 Å². The first kappa shape index (κ1) is 13.9. The molecule has 4 nitrogen and oxygen atoms in total. The highest BCUT2D eigenvalue weighted by Crippen LogP contribution is 2.29. The smallest absolute Gasteiger partial charge is 0.405 e. The van der Waals surface area contributed by atoms with Crippen LogP contribution in [0.5, 0.6) is 5.75 Å². The fourth-order valence-electron chi connectivity index (χ4n) is 1.57. The first-order chi connectivity index (χ1) is 9.37. The maximum Gasteiger partial charge on any atom is 0.573 e. The van der Waals surface area contributed by atoms with E-state index in [2.05, 4.69) is 9.72 Å². The summed E-state index contributed by atoms with van der Waals surface area (Å²) in [5.41, 5.74) is 5.23. The molecule has 7 heteroatoms. The zero-order valence-corrected chi connectivity index (χ0v) is 10.0. The molecule has 104 valence electrons. The molecule has 2 N–H and O–H groups in total. The van der Waals surface area contributed by atoms with Gasteiger partial charge in [-0.3, -0.25) is 9.78 Å².